The molecule has 1 aliphatic heterocycles. The van der Waals surface area contributed by atoms with Crippen LogP contribution in [0.1, 0.15) is 30.1 Å². The van der Waals surface area contributed by atoms with Crippen molar-refractivity contribution < 1.29 is 9.53 Å². The number of aromatic nitrogens is 1. The molecule has 1 amide bonds. The Morgan fingerprint density at radius 2 is 2.44 bits per heavy atom. The normalized spacial score (nSPS) is 22.9. The van der Waals surface area contributed by atoms with Gasteiger partial charge in [-0.15, -0.1) is 0 Å². The average molecular weight is 249 g/mol. The summed E-state index contributed by atoms with van der Waals surface area (Å²) in [5.41, 5.74) is 5.58. The quantitative estimate of drug-likeness (QED) is 0.827. The summed E-state index contributed by atoms with van der Waals surface area (Å²) in [7, 11) is 0. The second kappa shape index (κ2) is 5.82. The first-order valence-electron chi connectivity index (χ1n) is 6.32. The minimum Gasteiger partial charge on any atom is -0.378 e. The van der Waals surface area contributed by atoms with E-state index in [9.17, 15) is 4.79 Å². The van der Waals surface area contributed by atoms with Gasteiger partial charge in [0.2, 0.25) is 5.91 Å². The molecule has 0 aromatic carbocycles. The van der Waals surface area contributed by atoms with Crippen molar-refractivity contribution in [3.05, 3.63) is 23.9 Å². The summed E-state index contributed by atoms with van der Waals surface area (Å²) in [6.07, 6.45) is 3.97. The van der Waals surface area contributed by atoms with Crippen LogP contribution >= 0.6 is 0 Å². The number of nitrogens with zero attached hydrogens (tertiary/aromatic N) is 1. The van der Waals surface area contributed by atoms with E-state index in [4.69, 9.17) is 10.5 Å². The van der Waals surface area contributed by atoms with Crippen LogP contribution in [-0.4, -0.2) is 30.1 Å². The molecule has 1 saturated heterocycles. The number of primary amides is 1. The first-order chi connectivity index (χ1) is 8.70. The van der Waals surface area contributed by atoms with Crippen molar-refractivity contribution in [1.29, 1.82) is 0 Å². The van der Waals surface area contributed by atoms with Crippen molar-refractivity contribution in [2.45, 2.75) is 25.9 Å². The van der Waals surface area contributed by atoms with Crippen molar-refractivity contribution in [3.63, 3.8) is 0 Å². The topological polar surface area (TPSA) is 77.2 Å². The summed E-state index contributed by atoms with van der Waals surface area (Å²) in [6, 6.07) is 3.46. The van der Waals surface area contributed by atoms with Crippen LogP contribution < -0.4 is 11.1 Å². The number of hydrogen-bond acceptors (Lipinski definition) is 4. The van der Waals surface area contributed by atoms with Crippen LogP contribution in [0.4, 0.5) is 5.82 Å². The van der Waals surface area contributed by atoms with E-state index in [0.29, 0.717) is 17.6 Å². The minimum atomic E-state index is -0.454. The molecule has 1 aliphatic rings. The molecule has 0 aliphatic carbocycles. The molecule has 3 N–H and O–H groups in total. The summed E-state index contributed by atoms with van der Waals surface area (Å²) in [5, 5.41) is 3.27. The maximum absolute atomic E-state index is 10.9. The lowest BCUT2D eigenvalue weighted by molar-refractivity contribution is 0.0900. The Morgan fingerprint density at radius 3 is 3.06 bits per heavy atom. The fourth-order valence-corrected chi connectivity index (χ4v) is 2.26. The number of nitrogens with two attached hydrogens (primary N) is 1. The monoisotopic (exact) mass is 249 g/mol. The molecule has 2 atom stereocenters. The number of hydrogen-bond donors (Lipinski definition) is 2. The maximum atomic E-state index is 10.9. The Balaban J connectivity index is 1.88. The smallest absolute Gasteiger partial charge is 0.250 e. The van der Waals surface area contributed by atoms with E-state index < -0.39 is 5.91 Å². The lowest BCUT2D eigenvalue weighted by Gasteiger charge is -2.17. The van der Waals surface area contributed by atoms with Crippen LogP contribution in [-0.2, 0) is 4.74 Å². The Bertz CT molecular complexity index is 405. The number of amides is 1. The van der Waals surface area contributed by atoms with Gasteiger partial charge in [-0.05, 0) is 25.0 Å². The largest absolute Gasteiger partial charge is 0.378 e. The Kier molecular flexibility index (Phi) is 4.15. The van der Waals surface area contributed by atoms with E-state index in [1.807, 2.05) is 0 Å². The standard InChI is InChI=1S/C13H19N3O2/c1-2-11-9(5-6-18-11)7-15-12-4-3-10(8-16-12)13(14)17/h3-4,8-9,11H,2,5-7H2,1H3,(H2,14,17)(H,15,16). The summed E-state index contributed by atoms with van der Waals surface area (Å²) in [5.74, 6) is 0.846. The summed E-state index contributed by atoms with van der Waals surface area (Å²) < 4.78 is 5.63. The van der Waals surface area contributed by atoms with Gasteiger partial charge >= 0.3 is 0 Å². The van der Waals surface area contributed by atoms with Crippen molar-refractivity contribution in [2.75, 3.05) is 18.5 Å². The molecular formula is C13H19N3O2. The van der Waals surface area contributed by atoms with Crippen LogP contribution in [0.3, 0.4) is 0 Å². The summed E-state index contributed by atoms with van der Waals surface area (Å²) >= 11 is 0. The average Bonchev–Trinajstić information content (AvgIpc) is 2.84. The van der Waals surface area contributed by atoms with Gasteiger partial charge in [0.15, 0.2) is 0 Å². The molecule has 0 saturated carbocycles. The van der Waals surface area contributed by atoms with Gasteiger partial charge in [-0.3, -0.25) is 4.79 Å². The number of rotatable bonds is 5. The van der Waals surface area contributed by atoms with Crippen LogP contribution in [0.25, 0.3) is 0 Å². The van der Waals surface area contributed by atoms with Crippen molar-refractivity contribution in [2.24, 2.45) is 11.7 Å². The Labute approximate surface area is 107 Å². The predicted molar refractivity (Wildman–Crippen MR) is 69.4 cm³/mol. The molecule has 0 radical (unpaired) electrons. The highest BCUT2D eigenvalue weighted by Crippen LogP contribution is 2.23. The zero-order valence-corrected chi connectivity index (χ0v) is 10.6. The van der Waals surface area contributed by atoms with E-state index in [1.165, 1.54) is 6.20 Å². The van der Waals surface area contributed by atoms with Crippen LogP contribution in [0.15, 0.2) is 18.3 Å². The third-order valence-electron chi connectivity index (χ3n) is 3.34. The molecule has 2 rings (SSSR count). The van der Waals surface area contributed by atoms with E-state index >= 15 is 0 Å². The second-order valence-electron chi connectivity index (χ2n) is 4.54. The zero-order chi connectivity index (χ0) is 13.0. The number of ether oxygens (including phenoxy) is 1. The van der Waals surface area contributed by atoms with Crippen molar-refractivity contribution in [1.82, 2.24) is 4.98 Å². The van der Waals surface area contributed by atoms with Gasteiger partial charge in [0.25, 0.3) is 0 Å². The van der Waals surface area contributed by atoms with Crippen molar-refractivity contribution >= 4 is 11.7 Å². The van der Waals surface area contributed by atoms with Gasteiger partial charge in [-0.2, -0.15) is 0 Å². The van der Waals surface area contributed by atoms with Gasteiger partial charge < -0.3 is 15.8 Å². The number of anilines is 1. The highest BCUT2D eigenvalue weighted by atomic mass is 16.5. The molecule has 0 spiro atoms. The molecule has 1 fully saturated rings. The number of carbonyl (C=O) groups excluding carboxylic acids is 1. The number of nitrogens with one attached hydrogen (secondary N) is 1. The number of carbonyl (C=O) groups is 1. The fraction of sp³-hybridized carbons (Fsp3) is 0.538. The molecule has 1 aromatic heterocycles. The molecule has 18 heavy (non-hydrogen) atoms. The highest BCUT2D eigenvalue weighted by Gasteiger charge is 2.26. The third-order valence-corrected chi connectivity index (χ3v) is 3.34. The van der Waals surface area contributed by atoms with Crippen LogP contribution in [0.2, 0.25) is 0 Å². The summed E-state index contributed by atoms with van der Waals surface area (Å²) in [6.45, 7) is 3.84. The molecule has 2 heterocycles. The second-order valence-corrected chi connectivity index (χ2v) is 4.54. The van der Waals surface area contributed by atoms with Crippen molar-refractivity contribution in [3.8, 4) is 0 Å². The van der Waals surface area contributed by atoms with Gasteiger partial charge in [-0.1, -0.05) is 6.92 Å². The van der Waals surface area contributed by atoms with E-state index in [0.717, 1.165) is 31.8 Å². The molecular weight excluding hydrogens is 230 g/mol. The molecule has 1 aromatic rings. The lowest BCUT2D eigenvalue weighted by atomic mass is 10.00. The Hall–Kier alpha value is -1.62. The van der Waals surface area contributed by atoms with Gasteiger partial charge in [0.1, 0.15) is 5.82 Å². The highest BCUT2D eigenvalue weighted by molar-refractivity contribution is 5.92. The predicted octanol–water partition coefficient (Wildman–Crippen LogP) is 1.41. The summed E-state index contributed by atoms with van der Waals surface area (Å²) in [4.78, 5) is 15.1. The third kappa shape index (κ3) is 2.98. The maximum Gasteiger partial charge on any atom is 0.250 e. The zero-order valence-electron chi connectivity index (χ0n) is 10.6. The Morgan fingerprint density at radius 1 is 1.61 bits per heavy atom. The molecule has 5 heteroatoms. The first kappa shape index (κ1) is 12.8. The lowest BCUT2D eigenvalue weighted by Crippen LogP contribution is -2.23. The van der Waals surface area contributed by atoms with Gasteiger partial charge in [0, 0.05) is 25.3 Å². The molecule has 5 nitrogen and oxygen atoms in total. The van der Waals surface area contributed by atoms with Crippen LogP contribution in [0.5, 0.6) is 0 Å². The van der Waals surface area contributed by atoms with E-state index in [-0.39, 0.29) is 0 Å². The fourth-order valence-electron chi connectivity index (χ4n) is 2.26. The molecule has 98 valence electrons. The van der Waals surface area contributed by atoms with Crippen LogP contribution in [0, 0.1) is 5.92 Å². The number of pyridine rings is 1. The SMILES string of the molecule is CCC1OCCC1CNc1ccc(C(N)=O)cn1. The van der Waals surface area contributed by atoms with E-state index in [1.54, 1.807) is 12.1 Å². The molecule has 2 unspecified atom stereocenters. The van der Waals surface area contributed by atoms with Gasteiger partial charge in [-0.25, -0.2) is 4.98 Å². The first-order valence-corrected chi connectivity index (χ1v) is 6.32. The van der Waals surface area contributed by atoms with E-state index in [2.05, 4.69) is 17.2 Å². The van der Waals surface area contributed by atoms with Gasteiger partial charge in [0.05, 0.1) is 11.7 Å². The minimum absolute atomic E-state index is 0.349. The molecule has 0 bridgehead atoms.